The predicted molar refractivity (Wildman–Crippen MR) is 106 cm³/mol. The van der Waals surface area contributed by atoms with Crippen LogP contribution in [0.1, 0.15) is 36.9 Å². The third-order valence-corrected chi connectivity index (χ3v) is 4.75. The largest absolute Gasteiger partial charge is 0.491 e. The van der Waals surface area contributed by atoms with Gasteiger partial charge < -0.3 is 15.4 Å². The number of thiophene rings is 1. The van der Waals surface area contributed by atoms with E-state index in [1.54, 1.807) is 30.3 Å². The molecule has 0 fully saturated rings. The molecule has 0 bridgehead atoms. The van der Waals surface area contributed by atoms with E-state index in [2.05, 4.69) is 10.6 Å². The van der Waals surface area contributed by atoms with Crippen molar-refractivity contribution in [3.8, 4) is 5.75 Å². The molecule has 1 unspecified atom stereocenters. The predicted octanol–water partition coefficient (Wildman–Crippen LogP) is 4.58. The summed E-state index contributed by atoms with van der Waals surface area (Å²) in [5.41, 5.74) is 0.493. The molecule has 0 spiro atoms. The Balaban J connectivity index is 2.14. The summed E-state index contributed by atoms with van der Waals surface area (Å²) in [5, 5.41) is 7.95. The molecular weight excluding hydrogens is 372 g/mol. The van der Waals surface area contributed by atoms with Gasteiger partial charge >= 0.3 is 0 Å². The van der Waals surface area contributed by atoms with Crippen molar-refractivity contribution in [3.63, 3.8) is 0 Å². The quantitative estimate of drug-likeness (QED) is 0.688. The van der Waals surface area contributed by atoms with Gasteiger partial charge in [-0.15, -0.1) is 11.3 Å². The van der Waals surface area contributed by atoms with Crippen LogP contribution in [0.15, 0.2) is 35.7 Å². The van der Waals surface area contributed by atoms with Crippen LogP contribution in [0.2, 0.25) is 5.02 Å². The minimum absolute atomic E-state index is 0.0851. The zero-order valence-corrected chi connectivity index (χ0v) is 16.6. The van der Waals surface area contributed by atoms with Crippen LogP contribution >= 0.6 is 22.9 Å². The highest BCUT2D eigenvalue weighted by atomic mass is 35.5. The number of rotatable bonds is 8. The van der Waals surface area contributed by atoms with Gasteiger partial charge in [-0.2, -0.15) is 0 Å². The molecule has 0 radical (unpaired) electrons. The van der Waals surface area contributed by atoms with E-state index in [1.165, 1.54) is 11.3 Å². The van der Waals surface area contributed by atoms with Crippen molar-refractivity contribution in [2.24, 2.45) is 5.92 Å². The first kappa shape index (κ1) is 20.3. The SMILES string of the molecule is CCCOc1ccc(Cl)cc1NC(=O)C(NC(=O)c1cccs1)C(C)C. The molecule has 140 valence electrons. The molecule has 5 nitrogen and oxygen atoms in total. The standard InChI is InChI=1S/C19H23ClN2O3S/c1-4-9-25-15-8-7-13(20)11-14(15)21-19(24)17(12(2)3)22-18(23)16-6-5-10-26-16/h5-8,10-12,17H,4,9H2,1-3H3,(H,21,24)(H,22,23). The van der Waals surface area contributed by atoms with E-state index in [0.717, 1.165) is 6.42 Å². The van der Waals surface area contributed by atoms with E-state index < -0.39 is 6.04 Å². The molecule has 2 amide bonds. The number of benzene rings is 1. The molecule has 1 heterocycles. The van der Waals surface area contributed by atoms with Crippen molar-refractivity contribution in [2.45, 2.75) is 33.2 Å². The number of hydrogen-bond acceptors (Lipinski definition) is 4. The maximum atomic E-state index is 12.8. The highest BCUT2D eigenvalue weighted by molar-refractivity contribution is 7.12. The van der Waals surface area contributed by atoms with Crippen molar-refractivity contribution >= 4 is 40.4 Å². The fraction of sp³-hybridized carbons (Fsp3) is 0.368. The Morgan fingerprint density at radius 2 is 2.04 bits per heavy atom. The normalized spacial score (nSPS) is 11.9. The summed E-state index contributed by atoms with van der Waals surface area (Å²) in [6, 6.07) is 7.92. The molecule has 0 aliphatic heterocycles. The first-order chi connectivity index (χ1) is 12.4. The topological polar surface area (TPSA) is 67.4 Å². The van der Waals surface area contributed by atoms with E-state index in [4.69, 9.17) is 16.3 Å². The number of halogens is 1. The van der Waals surface area contributed by atoms with Gasteiger partial charge in [0.15, 0.2) is 0 Å². The molecule has 0 aliphatic carbocycles. The highest BCUT2D eigenvalue weighted by Gasteiger charge is 2.26. The molecule has 7 heteroatoms. The monoisotopic (exact) mass is 394 g/mol. The van der Waals surface area contributed by atoms with Crippen molar-refractivity contribution in [1.82, 2.24) is 5.32 Å². The zero-order chi connectivity index (χ0) is 19.1. The molecule has 1 aromatic carbocycles. The van der Waals surface area contributed by atoms with E-state index in [1.807, 2.05) is 26.2 Å². The van der Waals surface area contributed by atoms with Gasteiger partial charge in [0.25, 0.3) is 5.91 Å². The van der Waals surface area contributed by atoms with Crippen LogP contribution in [0, 0.1) is 5.92 Å². The zero-order valence-electron chi connectivity index (χ0n) is 15.0. The smallest absolute Gasteiger partial charge is 0.262 e. The number of ether oxygens (including phenoxy) is 1. The van der Waals surface area contributed by atoms with Crippen LogP contribution in [0.3, 0.4) is 0 Å². The van der Waals surface area contributed by atoms with Crippen molar-refractivity contribution in [2.75, 3.05) is 11.9 Å². The lowest BCUT2D eigenvalue weighted by atomic mass is 10.0. The van der Waals surface area contributed by atoms with E-state index in [9.17, 15) is 9.59 Å². The Bertz CT molecular complexity index is 747. The maximum absolute atomic E-state index is 12.8. The van der Waals surface area contributed by atoms with Crippen LogP contribution in [0.5, 0.6) is 5.75 Å². The third-order valence-electron chi connectivity index (χ3n) is 3.64. The second kappa shape index (κ2) is 9.59. The summed E-state index contributed by atoms with van der Waals surface area (Å²) in [6.45, 7) is 6.30. The van der Waals surface area contributed by atoms with Gasteiger partial charge in [0.2, 0.25) is 5.91 Å². The molecule has 2 aromatic rings. The molecule has 0 aliphatic rings. The molecular formula is C19H23ClN2O3S. The van der Waals surface area contributed by atoms with Gasteiger partial charge in [0.05, 0.1) is 17.2 Å². The summed E-state index contributed by atoms with van der Waals surface area (Å²) >= 11 is 7.39. The second-order valence-electron chi connectivity index (χ2n) is 6.15. The van der Waals surface area contributed by atoms with E-state index in [0.29, 0.717) is 27.9 Å². The molecule has 0 saturated carbocycles. The third kappa shape index (κ3) is 5.47. The van der Waals surface area contributed by atoms with Gasteiger partial charge in [-0.1, -0.05) is 38.4 Å². The average molecular weight is 395 g/mol. The van der Waals surface area contributed by atoms with Crippen LogP contribution in [0.4, 0.5) is 5.69 Å². The lowest BCUT2D eigenvalue weighted by Crippen LogP contribution is -2.47. The number of nitrogens with one attached hydrogen (secondary N) is 2. The highest BCUT2D eigenvalue weighted by Crippen LogP contribution is 2.28. The minimum atomic E-state index is -0.678. The fourth-order valence-corrected chi connectivity index (χ4v) is 3.10. The minimum Gasteiger partial charge on any atom is -0.491 e. The Kier molecular flexibility index (Phi) is 7.48. The molecule has 0 saturated heterocycles. The molecule has 2 rings (SSSR count). The van der Waals surface area contributed by atoms with Gasteiger partial charge in [-0.05, 0) is 42.0 Å². The summed E-state index contributed by atoms with van der Waals surface area (Å²) in [6.07, 6.45) is 0.849. The molecule has 2 N–H and O–H groups in total. The van der Waals surface area contributed by atoms with E-state index in [-0.39, 0.29) is 17.7 Å². The number of hydrogen-bond donors (Lipinski definition) is 2. The number of carbonyl (C=O) groups is 2. The molecule has 1 atom stereocenters. The van der Waals surface area contributed by atoms with Crippen LogP contribution < -0.4 is 15.4 Å². The maximum Gasteiger partial charge on any atom is 0.262 e. The van der Waals surface area contributed by atoms with Crippen molar-refractivity contribution in [1.29, 1.82) is 0 Å². The van der Waals surface area contributed by atoms with Crippen LogP contribution in [-0.2, 0) is 4.79 Å². The molecule has 1 aromatic heterocycles. The van der Waals surface area contributed by atoms with Crippen LogP contribution in [0.25, 0.3) is 0 Å². The lowest BCUT2D eigenvalue weighted by molar-refractivity contribution is -0.118. The van der Waals surface area contributed by atoms with E-state index >= 15 is 0 Å². The summed E-state index contributed by atoms with van der Waals surface area (Å²) in [4.78, 5) is 25.7. The van der Waals surface area contributed by atoms with Gasteiger partial charge in [-0.3, -0.25) is 9.59 Å². The average Bonchev–Trinajstić information content (AvgIpc) is 3.13. The van der Waals surface area contributed by atoms with Gasteiger partial charge in [0.1, 0.15) is 11.8 Å². The second-order valence-corrected chi connectivity index (χ2v) is 7.53. The summed E-state index contributed by atoms with van der Waals surface area (Å²) in [5.74, 6) is -0.106. The van der Waals surface area contributed by atoms with Crippen molar-refractivity contribution in [3.05, 3.63) is 45.6 Å². The lowest BCUT2D eigenvalue weighted by Gasteiger charge is -2.22. The van der Waals surface area contributed by atoms with Crippen molar-refractivity contribution < 1.29 is 14.3 Å². The Labute approximate surface area is 162 Å². The number of anilines is 1. The number of amides is 2. The fourth-order valence-electron chi connectivity index (χ4n) is 2.30. The van der Waals surface area contributed by atoms with Crippen LogP contribution in [-0.4, -0.2) is 24.5 Å². The Morgan fingerprint density at radius 1 is 1.27 bits per heavy atom. The first-order valence-corrected chi connectivity index (χ1v) is 9.75. The summed E-state index contributed by atoms with van der Waals surface area (Å²) < 4.78 is 5.66. The Morgan fingerprint density at radius 3 is 2.65 bits per heavy atom. The van der Waals surface area contributed by atoms with Gasteiger partial charge in [0, 0.05) is 5.02 Å². The number of carbonyl (C=O) groups excluding carboxylic acids is 2. The molecule has 26 heavy (non-hydrogen) atoms. The first-order valence-electron chi connectivity index (χ1n) is 8.50. The van der Waals surface area contributed by atoms with Gasteiger partial charge in [-0.25, -0.2) is 0 Å². The summed E-state index contributed by atoms with van der Waals surface area (Å²) in [7, 11) is 0. The Hall–Kier alpha value is -2.05.